The zero-order chi connectivity index (χ0) is 23.4. The van der Waals surface area contributed by atoms with Crippen molar-refractivity contribution in [3.05, 3.63) is 44.1 Å². The number of thiazole rings is 1. The van der Waals surface area contributed by atoms with Gasteiger partial charge in [0, 0.05) is 54.7 Å². The van der Waals surface area contributed by atoms with Gasteiger partial charge in [0.15, 0.2) is 10.9 Å². The highest BCUT2D eigenvalue weighted by Gasteiger charge is 2.21. The van der Waals surface area contributed by atoms with E-state index in [1.165, 1.54) is 11.3 Å². The molecule has 0 spiro atoms. The van der Waals surface area contributed by atoms with Gasteiger partial charge in [-0.2, -0.15) is 0 Å². The molecule has 0 amide bonds. The smallest absolute Gasteiger partial charge is 0.188 e. The van der Waals surface area contributed by atoms with Gasteiger partial charge < -0.3 is 15.3 Å². The zero-order valence-corrected chi connectivity index (χ0v) is 21.5. The number of hydrogen-bond acceptors (Lipinski definition) is 9. The van der Waals surface area contributed by atoms with E-state index in [-0.39, 0.29) is 18.8 Å². The summed E-state index contributed by atoms with van der Waals surface area (Å²) in [6.07, 6.45) is 5.54. The molecule has 0 bridgehead atoms. The van der Waals surface area contributed by atoms with Crippen molar-refractivity contribution in [1.29, 1.82) is 0 Å². The minimum atomic E-state index is -0.0127. The fraction of sp³-hybridized carbons (Fsp3) is 0.455. The summed E-state index contributed by atoms with van der Waals surface area (Å²) in [5.74, 6) is 2.15. The lowest BCUT2D eigenvalue weighted by Crippen LogP contribution is -2.47. The molecule has 3 heterocycles. The molecule has 33 heavy (non-hydrogen) atoms. The molecular weight excluding hydrogens is 528 g/mol. The molecule has 4 rings (SSSR count). The van der Waals surface area contributed by atoms with Gasteiger partial charge in [0.2, 0.25) is 0 Å². The molecule has 0 radical (unpaired) electrons. The summed E-state index contributed by atoms with van der Waals surface area (Å²) in [7, 11) is 0. The molecule has 2 aromatic heterocycles. The van der Waals surface area contributed by atoms with E-state index in [9.17, 15) is 4.79 Å². The summed E-state index contributed by atoms with van der Waals surface area (Å²) >= 11 is 11.2. The first-order chi connectivity index (χ1) is 15.9. The number of allylic oxidation sites excluding steroid dienone is 4. The van der Waals surface area contributed by atoms with Gasteiger partial charge in [-0.25, -0.2) is 15.0 Å². The molecular formula is C22H26BrClN6O2S. The molecule has 0 unspecified atom stereocenters. The second kappa shape index (κ2) is 11.1. The van der Waals surface area contributed by atoms with Crippen LogP contribution in [0, 0.1) is 6.92 Å². The van der Waals surface area contributed by atoms with E-state index in [4.69, 9.17) is 16.7 Å². The maximum atomic E-state index is 12.8. The van der Waals surface area contributed by atoms with Crippen LogP contribution in [0.2, 0.25) is 0 Å². The van der Waals surface area contributed by atoms with E-state index in [1.807, 2.05) is 19.1 Å². The Morgan fingerprint density at radius 3 is 2.82 bits per heavy atom. The second-order valence-corrected chi connectivity index (χ2v) is 10.3. The maximum Gasteiger partial charge on any atom is 0.188 e. The van der Waals surface area contributed by atoms with Crippen molar-refractivity contribution < 1.29 is 9.90 Å². The summed E-state index contributed by atoms with van der Waals surface area (Å²) in [5, 5.41) is 13.6. The minimum Gasteiger partial charge on any atom is -0.395 e. The third-order valence-corrected chi connectivity index (χ3v) is 7.80. The van der Waals surface area contributed by atoms with Crippen LogP contribution in [0.4, 0.5) is 16.8 Å². The molecule has 0 aromatic carbocycles. The van der Waals surface area contributed by atoms with Gasteiger partial charge >= 0.3 is 0 Å². The van der Waals surface area contributed by atoms with Gasteiger partial charge in [-0.1, -0.05) is 44.9 Å². The molecule has 1 saturated heterocycles. The monoisotopic (exact) mass is 552 g/mol. The molecule has 2 N–H and O–H groups in total. The molecule has 11 heteroatoms. The van der Waals surface area contributed by atoms with Crippen molar-refractivity contribution in [2.75, 3.05) is 49.5 Å². The Labute approximate surface area is 210 Å². The summed E-state index contributed by atoms with van der Waals surface area (Å²) in [4.78, 5) is 31.3. The highest BCUT2D eigenvalue weighted by atomic mass is 79.9. The van der Waals surface area contributed by atoms with E-state index in [2.05, 4.69) is 46.0 Å². The molecule has 2 aromatic rings. The van der Waals surface area contributed by atoms with Crippen LogP contribution in [0.5, 0.6) is 0 Å². The third-order valence-electron chi connectivity index (χ3n) is 5.59. The number of aromatic nitrogens is 3. The largest absolute Gasteiger partial charge is 0.395 e. The fourth-order valence-corrected chi connectivity index (χ4v) is 5.60. The number of ketones is 1. The number of carbonyl (C=O) groups is 1. The second-order valence-electron chi connectivity index (χ2n) is 7.94. The summed E-state index contributed by atoms with van der Waals surface area (Å²) in [6.45, 7) is 6.19. The maximum absolute atomic E-state index is 12.8. The third kappa shape index (κ3) is 6.19. The number of piperazine rings is 1. The van der Waals surface area contributed by atoms with Gasteiger partial charge in [-0.3, -0.25) is 9.69 Å². The molecule has 2 aliphatic rings. The van der Waals surface area contributed by atoms with E-state index < -0.39 is 0 Å². The minimum absolute atomic E-state index is 0.0127. The van der Waals surface area contributed by atoms with Crippen molar-refractivity contribution >= 4 is 61.4 Å². The van der Waals surface area contributed by atoms with Crippen LogP contribution in [0.3, 0.4) is 0 Å². The number of aliphatic hydroxyl groups excluding tert-OH is 1. The first kappa shape index (κ1) is 24.3. The van der Waals surface area contributed by atoms with E-state index in [0.29, 0.717) is 33.2 Å². The normalized spacial score (nSPS) is 17.3. The van der Waals surface area contributed by atoms with Gasteiger partial charge in [0.1, 0.15) is 17.5 Å². The molecule has 1 aliphatic heterocycles. The number of hydrogen-bond donors (Lipinski definition) is 2. The van der Waals surface area contributed by atoms with Gasteiger partial charge in [0.25, 0.3) is 0 Å². The number of carbonyl (C=O) groups excluding carboxylic acids is 1. The Kier molecular flexibility index (Phi) is 8.13. The van der Waals surface area contributed by atoms with Crippen LogP contribution in [-0.4, -0.2) is 70.1 Å². The molecule has 1 aliphatic carbocycles. The summed E-state index contributed by atoms with van der Waals surface area (Å²) < 4.78 is 0.993. The topological polar surface area (TPSA) is 94.5 Å². The lowest BCUT2D eigenvalue weighted by Gasteiger charge is -2.35. The molecule has 1 fully saturated rings. The predicted octanol–water partition coefficient (Wildman–Crippen LogP) is 4.24. The number of Topliss-reactive ketones (excluding diaryl/α,β-unsaturated/α-hetero) is 1. The van der Waals surface area contributed by atoms with E-state index in [0.717, 1.165) is 54.9 Å². The Hall–Kier alpha value is -1.85. The van der Waals surface area contributed by atoms with E-state index in [1.54, 1.807) is 6.20 Å². The number of nitrogens with one attached hydrogen (secondary N) is 1. The highest BCUT2D eigenvalue weighted by molar-refractivity contribution is 9.11. The average Bonchev–Trinajstić information content (AvgIpc) is 3.25. The number of aliphatic hydroxyl groups is 1. The van der Waals surface area contributed by atoms with E-state index >= 15 is 0 Å². The number of anilines is 3. The Morgan fingerprint density at radius 1 is 1.30 bits per heavy atom. The first-order valence-electron chi connectivity index (χ1n) is 10.9. The Bertz CT molecular complexity index is 1080. The lowest BCUT2D eigenvalue weighted by molar-refractivity contribution is 0.0997. The van der Waals surface area contributed by atoms with Gasteiger partial charge in [-0.15, -0.1) is 0 Å². The SMILES string of the molecule is Cc1nc(Nc2ncc(C(=O)CC3=C(Br)CCC=C3Cl)s2)cc(N2CCN(CCO)CC2)n1. The molecule has 0 saturated carbocycles. The Balaban J connectivity index is 1.42. The van der Waals surface area contributed by atoms with Crippen LogP contribution in [0.15, 0.2) is 33.4 Å². The van der Waals surface area contributed by atoms with Crippen molar-refractivity contribution in [1.82, 2.24) is 19.9 Å². The quantitative estimate of drug-likeness (QED) is 0.469. The van der Waals surface area contributed by atoms with Crippen molar-refractivity contribution in [2.45, 2.75) is 26.2 Å². The standard InChI is InChI=1S/C22H26BrClN6O2S/c1-14-26-20(12-21(27-14)30-7-5-29(6-8-30)9-10-31)28-22-25-13-19(33-22)18(32)11-15-16(23)3-2-4-17(15)24/h4,12-13,31H,2-3,5-11H2,1H3,(H,25,26,27,28). The van der Waals surface area contributed by atoms with Gasteiger partial charge in [-0.05, 0) is 25.3 Å². The molecule has 8 nitrogen and oxygen atoms in total. The van der Waals surface area contributed by atoms with Crippen molar-refractivity contribution in [3.8, 4) is 0 Å². The Morgan fingerprint density at radius 2 is 2.09 bits per heavy atom. The number of β-amino-alcohol motifs (C(OH)–C–C–N with tert-alkyl or cyclic N) is 1. The van der Waals surface area contributed by atoms with Crippen LogP contribution in [0.25, 0.3) is 0 Å². The first-order valence-corrected chi connectivity index (χ1v) is 12.8. The number of nitrogens with zero attached hydrogens (tertiary/aromatic N) is 5. The predicted molar refractivity (Wildman–Crippen MR) is 136 cm³/mol. The van der Waals surface area contributed by atoms with Crippen molar-refractivity contribution in [2.24, 2.45) is 0 Å². The van der Waals surface area contributed by atoms with Crippen LogP contribution in [0.1, 0.15) is 34.8 Å². The molecule has 176 valence electrons. The summed E-state index contributed by atoms with van der Waals surface area (Å²) in [6, 6.07) is 1.91. The zero-order valence-electron chi connectivity index (χ0n) is 18.4. The average molecular weight is 554 g/mol. The lowest BCUT2D eigenvalue weighted by atomic mass is 10.0. The van der Waals surface area contributed by atoms with Crippen LogP contribution in [-0.2, 0) is 0 Å². The fourth-order valence-electron chi connectivity index (χ4n) is 3.85. The number of rotatable bonds is 8. The molecule has 0 atom stereocenters. The van der Waals surface area contributed by atoms with Crippen molar-refractivity contribution in [3.63, 3.8) is 0 Å². The van der Waals surface area contributed by atoms with Crippen LogP contribution < -0.4 is 10.2 Å². The highest BCUT2D eigenvalue weighted by Crippen LogP contribution is 2.35. The van der Waals surface area contributed by atoms with Gasteiger partial charge in [0.05, 0.1) is 17.7 Å². The van der Waals surface area contributed by atoms with Crippen LogP contribution >= 0.6 is 38.9 Å². The number of halogens is 2. The number of aryl methyl sites for hydroxylation is 1. The summed E-state index contributed by atoms with van der Waals surface area (Å²) in [5.41, 5.74) is 0.853.